The maximum Gasteiger partial charge on any atom is 0.412 e. The zero-order valence-electron chi connectivity index (χ0n) is 18.0. The Hall–Kier alpha value is -3.08. The van der Waals surface area contributed by atoms with Gasteiger partial charge in [-0.2, -0.15) is 0 Å². The molecular weight excluding hydrogens is 376 g/mol. The van der Waals surface area contributed by atoms with Crippen molar-refractivity contribution in [3.05, 3.63) is 71.0 Å². The fourth-order valence-corrected chi connectivity index (χ4v) is 3.58. The third-order valence-electron chi connectivity index (χ3n) is 5.72. The lowest BCUT2D eigenvalue weighted by Crippen LogP contribution is -2.18. The molecule has 5 heteroatoms. The molecule has 0 unspecified atom stereocenters. The maximum atomic E-state index is 12.0. The number of hydrogen-bond acceptors (Lipinski definition) is 4. The molecule has 1 amide bonds. The molecule has 0 atom stereocenters. The standard InChI is InChI=1S/C25H28N2O3/c1-16(2)29-24(28)26-22-17(3)30-27-23(22)20-9-5-18(6-10-20)15-19-7-11-21(12-8-19)25(4)13-14-25/h5-12,16H,13-15H2,1-4H3,(H,26,28). The molecule has 1 heterocycles. The average Bonchev–Trinajstić information content (AvgIpc) is 3.37. The first-order chi connectivity index (χ1) is 14.3. The second-order valence-electron chi connectivity index (χ2n) is 8.67. The van der Waals surface area contributed by atoms with E-state index in [-0.39, 0.29) is 6.10 Å². The van der Waals surface area contributed by atoms with E-state index in [1.165, 1.54) is 29.5 Å². The third-order valence-corrected chi connectivity index (χ3v) is 5.72. The number of aromatic nitrogens is 1. The van der Waals surface area contributed by atoms with Gasteiger partial charge in [0.1, 0.15) is 11.4 Å². The number of amides is 1. The van der Waals surface area contributed by atoms with Gasteiger partial charge in [0.25, 0.3) is 0 Å². The SMILES string of the molecule is Cc1onc(-c2ccc(Cc3ccc(C4(C)CC4)cc3)cc2)c1NC(=O)OC(C)C. The summed E-state index contributed by atoms with van der Waals surface area (Å²) >= 11 is 0. The van der Waals surface area contributed by atoms with Crippen LogP contribution in [0.15, 0.2) is 53.1 Å². The van der Waals surface area contributed by atoms with Crippen molar-refractivity contribution < 1.29 is 14.1 Å². The number of benzene rings is 2. The number of aryl methyl sites for hydroxylation is 1. The first-order valence-electron chi connectivity index (χ1n) is 10.5. The Bertz CT molecular complexity index is 1030. The lowest BCUT2D eigenvalue weighted by atomic mass is 9.95. The molecule has 0 saturated heterocycles. The highest BCUT2D eigenvalue weighted by Gasteiger charge is 2.38. The van der Waals surface area contributed by atoms with Crippen LogP contribution in [0.4, 0.5) is 10.5 Å². The molecule has 3 aromatic rings. The van der Waals surface area contributed by atoms with E-state index in [0.717, 1.165) is 12.0 Å². The molecule has 0 spiro atoms. The third kappa shape index (κ3) is 4.40. The van der Waals surface area contributed by atoms with Gasteiger partial charge >= 0.3 is 6.09 Å². The number of ether oxygens (including phenoxy) is 1. The number of carbonyl (C=O) groups excluding carboxylic acids is 1. The summed E-state index contributed by atoms with van der Waals surface area (Å²) in [5.41, 5.74) is 6.39. The van der Waals surface area contributed by atoms with E-state index >= 15 is 0 Å². The predicted molar refractivity (Wildman–Crippen MR) is 118 cm³/mol. The van der Waals surface area contributed by atoms with Gasteiger partial charge in [0.05, 0.1) is 6.10 Å². The van der Waals surface area contributed by atoms with Crippen LogP contribution in [0.5, 0.6) is 0 Å². The van der Waals surface area contributed by atoms with Gasteiger partial charge < -0.3 is 9.26 Å². The molecule has 1 aliphatic carbocycles. The number of nitrogens with zero attached hydrogens (tertiary/aromatic N) is 1. The summed E-state index contributed by atoms with van der Waals surface area (Å²) in [6.45, 7) is 7.71. The topological polar surface area (TPSA) is 64.4 Å². The molecule has 1 fully saturated rings. The molecular formula is C25H28N2O3. The highest BCUT2D eigenvalue weighted by atomic mass is 16.6. The van der Waals surface area contributed by atoms with Gasteiger partial charge in [-0.3, -0.25) is 5.32 Å². The normalized spacial score (nSPS) is 14.6. The molecule has 30 heavy (non-hydrogen) atoms. The van der Waals surface area contributed by atoms with Gasteiger partial charge in [0.15, 0.2) is 5.76 Å². The van der Waals surface area contributed by atoms with E-state index < -0.39 is 6.09 Å². The molecule has 1 N–H and O–H groups in total. The molecule has 0 aliphatic heterocycles. The van der Waals surface area contributed by atoms with E-state index in [9.17, 15) is 4.79 Å². The van der Waals surface area contributed by atoms with Crippen LogP contribution in [0.3, 0.4) is 0 Å². The molecule has 1 aliphatic rings. The first-order valence-corrected chi connectivity index (χ1v) is 10.5. The van der Waals surface area contributed by atoms with Crippen molar-refractivity contribution in [2.24, 2.45) is 0 Å². The number of anilines is 1. The highest BCUT2D eigenvalue weighted by Crippen LogP contribution is 2.47. The highest BCUT2D eigenvalue weighted by molar-refractivity contribution is 5.91. The van der Waals surface area contributed by atoms with Gasteiger partial charge in [-0.15, -0.1) is 0 Å². The lowest BCUT2D eigenvalue weighted by molar-refractivity contribution is 0.130. The van der Waals surface area contributed by atoms with Crippen LogP contribution in [-0.4, -0.2) is 17.4 Å². The number of rotatable bonds is 6. The summed E-state index contributed by atoms with van der Waals surface area (Å²) in [6.07, 6.45) is 2.75. The Kier molecular flexibility index (Phi) is 5.37. The number of nitrogens with one attached hydrogen (secondary N) is 1. The Labute approximate surface area is 177 Å². The maximum absolute atomic E-state index is 12.0. The van der Waals surface area contributed by atoms with Gasteiger partial charge in [-0.05, 0) is 62.1 Å². The Morgan fingerprint density at radius 1 is 1.10 bits per heavy atom. The molecule has 156 valence electrons. The predicted octanol–water partition coefficient (Wildman–Crippen LogP) is 6.25. The fraction of sp³-hybridized carbons (Fsp3) is 0.360. The van der Waals surface area contributed by atoms with Crippen molar-refractivity contribution in [3.8, 4) is 11.3 Å². The summed E-state index contributed by atoms with van der Waals surface area (Å²) in [4.78, 5) is 12.0. The first kappa shape index (κ1) is 20.2. The van der Waals surface area contributed by atoms with Crippen LogP contribution < -0.4 is 5.32 Å². The van der Waals surface area contributed by atoms with Crippen molar-refractivity contribution in [1.29, 1.82) is 0 Å². The summed E-state index contributed by atoms with van der Waals surface area (Å²) in [5.74, 6) is 0.541. The van der Waals surface area contributed by atoms with Crippen LogP contribution in [-0.2, 0) is 16.6 Å². The summed E-state index contributed by atoms with van der Waals surface area (Å²) in [7, 11) is 0. The van der Waals surface area contributed by atoms with Crippen molar-refractivity contribution in [3.63, 3.8) is 0 Å². The van der Waals surface area contributed by atoms with Gasteiger partial charge in [0, 0.05) is 5.56 Å². The summed E-state index contributed by atoms with van der Waals surface area (Å²) < 4.78 is 10.5. The van der Waals surface area contributed by atoms with Gasteiger partial charge in [0.2, 0.25) is 0 Å². The zero-order chi connectivity index (χ0) is 21.3. The number of carbonyl (C=O) groups is 1. The Balaban J connectivity index is 1.47. The molecule has 5 nitrogen and oxygen atoms in total. The van der Waals surface area contributed by atoms with Crippen LogP contribution in [0, 0.1) is 6.92 Å². The average molecular weight is 405 g/mol. The fourth-order valence-electron chi connectivity index (χ4n) is 3.58. The van der Waals surface area contributed by atoms with E-state index in [2.05, 4.69) is 53.8 Å². The van der Waals surface area contributed by atoms with Gasteiger partial charge in [-0.25, -0.2) is 4.79 Å². The monoisotopic (exact) mass is 404 g/mol. The second kappa shape index (κ2) is 7.98. The number of hydrogen-bond donors (Lipinski definition) is 1. The van der Waals surface area contributed by atoms with E-state index in [0.29, 0.717) is 22.6 Å². The zero-order valence-corrected chi connectivity index (χ0v) is 18.0. The van der Waals surface area contributed by atoms with Crippen LogP contribution in [0.1, 0.15) is 56.1 Å². The molecule has 0 bridgehead atoms. The Morgan fingerprint density at radius 3 is 2.27 bits per heavy atom. The smallest absolute Gasteiger partial charge is 0.412 e. The second-order valence-corrected chi connectivity index (χ2v) is 8.67. The molecule has 4 rings (SSSR count). The van der Waals surface area contributed by atoms with Crippen LogP contribution in [0.2, 0.25) is 0 Å². The minimum absolute atomic E-state index is 0.200. The summed E-state index contributed by atoms with van der Waals surface area (Å²) in [5, 5.41) is 6.87. The quantitative estimate of drug-likeness (QED) is 0.527. The minimum atomic E-state index is -0.516. The van der Waals surface area contributed by atoms with Crippen molar-refractivity contribution >= 4 is 11.8 Å². The van der Waals surface area contributed by atoms with Crippen molar-refractivity contribution in [1.82, 2.24) is 5.16 Å². The Morgan fingerprint density at radius 2 is 1.70 bits per heavy atom. The van der Waals surface area contributed by atoms with E-state index in [1.807, 2.05) is 12.1 Å². The lowest BCUT2D eigenvalue weighted by Gasteiger charge is -2.10. The van der Waals surface area contributed by atoms with Gasteiger partial charge in [-0.1, -0.05) is 60.6 Å². The molecule has 2 aromatic carbocycles. The molecule has 1 saturated carbocycles. The van der Waals surface area contributed by atoms with E-state index in [1.54, 1.807) is 20.8 Å². The van der Waals surface area contributed by atoms with E-state index in [4.69, 9.17) is 9.26 Å². The van der Waals surface area contributed by atoms with Crippen LogP contribution in [0.25, 0.3) is 11.3 Å². The molecule has 0 radical (unpaired) electrons. The molecule has 1 aromatic heterocycles. The largest absolute Gasteiger partial charge is 0.447 e. The minimum Gasteiger partial charge on any atom is -0.447 e. The van der Waals surface area contributed by atoms with Crippen molar-refractivity contribution in [2.75, 3.05) is 5.32 Å². The summed E-state index contributed by atoms with van der Waals surface area (Å²) in [6, 6.07) is 17.2. The van der Waals surface area contributed by atoms with Crippen LogP contribution >= 0.6 is 0 Å². The van der Waals surface area contributed by atoms with Crippen molar-refractivity contribution in [2.45, 2.75) is 58.5 Å².